The second-order valence-electron chi connectivity index (χ2n) is 5.93. The van der Waals surface area contributed by atoms with E-state index in [0.717, 1.165) is 32.2 Å². The lowest BCUT2D eigenvalue weighted by molar-refractivity contribution is -0.0499. The molecule has 1 saturated heterocycles. The molecule has 1 aliphatic heterocycles. The number of benzene rings is 2. The van der Waals surface area contributed by atoms with Gasteiger partial charge in [-0.1, -0.05) is 6.07 Å². The fourth-order valence-electron chi connectivity index (χ4n) is 2.94. The number of nitrogens with zero attached hydrogens (tertiary/aromatic N) is 1. The molecule has 0 saturated carbocycles. The summed E-state index contributed by atoms with van der Waals surface area (Å²) in [6.07, 6.45) is 0. The van der Waals surface area contributed by atoms with E-state index in [4.69, 9.17) is 4.74 Å². The van der Waals surface area contributed by atoms with E-state index in [9.17, 15) is 17.2 Å². The number of hydrogen-bond donors (Lipinski definition) is 1. The number of hydrogen-bond acceptors (Lipinski definition) is 6. The van der Waals surface area contributed by atoms with Gasteiger partial charge in [0.25, 0.3) is 0 Å². The molecular weight excluding hydrogens is 378 g/mol. The van der Waals surface area contributed by atoms with Gasteiger partial charge in [-0.2, -0.15) is 8.78 Å². The van der Waals surface area contributed by atoms with Crippen molar-refractivity contribution in [2.45, 2.75) is 16.4 Å². The van der Waals surface area contributed by atoms with E-state index in [1.165, 1.54) is 31.4 Å². The van der Waals surface area contributed by atoms with Gasteiger partial charge >= 0.3 is 6.61 Å². The zero-order valence-corrected chi connectivity index (χ0v) is 15.5. The number of alkyl halides is 2. The molecule has 0 unspecified atom stereocenters. The average Bonchev–Trinajstić information content (AvgIpc) is 2.68. The minimum atomic E-state index is -3.91. The molecule has 0 aliphatic carbocycles. The minimum absolute atomic E-state index is 0.0611. The van der Waals surface area contributed by atoms with Crippen molar-refractivity contribution in [1.82, 2.24) is 5.32 Å². The van der Waals surface area contributed by atoms with Crippen molar-refractivity contribution in [2.75, 3.05) is 38.2 Å². The highest BCUT2D eigenvalue weighted by Gasteiger charge is 2.23. The maximum absolute atomic E-state index is 13.0. The summed E-state index contributed by atoms with van der Waals surface area (Å²) < 4.78 is 60.5. The second-order valence-corrected chi connectivity index (χ2v) is 7.88. The largest absolute Gasteiger partial charge is 0.495 e. The van der Waals surface area contributed by atoms with Gasteiger partial charge in [0, 0.05) is 26.2 Å². The molecule has 0 bridgehead atoms. The van der Waals surface area contributed by atoms with Crippen molar-refractivity contribution in [3.8, 4) is 11.5 Å². The minimum Gasteiger partial charge on any atom is -0.495 e. The standard InChI is InChI=1S/C18H20F2N2O4S/c1-25-17-6-5-15(12-16(17)22-9-7-21-8-10-22)27(23,24)14-4-2-3-13(11-14)26-18(19)20/h2-6,11-12,18,21H,7-10H2,1H3. The number of anilines is 1. The normalized spacial score (nSPS) is 15.0. The van der Waals surface area contributed by atoms with E-state index in [1.54, 1.807) is 12.1 Å². The van der Waals surface area contributed by atoms with Crippen molar-refractivity contribution in [3.63, 3.8) is 0 Å². The van der Waals surface area contributed by atoms with Crippen molar-refractivity contribution in [1.29, 1.82) is 0 Å². The number of methoxy groups -OCH3 is 1. The maximum atomic E-state index is 13.0. The molecule has 0 radical (unpaired) electrons. The summed E-state index contributed by atoms with van der Waals surface area (Å²) in [6, 6.07) is 9.69. The molecule has 2 aromatic carbocycles. The van der Waals surface area contributed by atoms with Gasteiger partial charge in [0.1, 0.15) is 11.5 Å². The molecule has 0 aromatic heterocycles. The molecule has 3 rings (SSSR count). The van der Waals surface area contributed by atoms with E-state index in [1.807, 2.05) is 4.90 Å². The quantitative estimate of drug-likeness (QED) is 0.807. The Kier molecular flexibility index (Phi) is 5.81. The number of nitrogens with one attached hydrogen (secondary N) is 1. The highest BCUT2D eigenvalue weighted by molar-refractivity contribution is 7.91. The van der Waals surface area contributed by atoms with E-state index >= 15 is 0 Å². The topological polar surface area (TPSA) is 67.9 Å². The van der Waals surface area contributed by atoms with E-state index < -0.39 is 16.4 Å². The summed E-state index contributed by atoms with van der Waals surface area (Å²) in [4.78, 5) is 1.99. The summed E-state index contributed by atoms with van der Waals surface area (Å²) >= 11 is 0. The first-order valence-electron chi connectivity index (χ1n) is 8.35. The molecule has 146 valence electrons. The molecule has 6 nitrogen and oxygen atoms in total. The molecule has 1 fully saturated rings. The van der Waals surface area contributed by atoms with Gasteiger partial charge in [0.15, 0.2) is 0 Å². The Morgan fingerprint density at radius 3 is 2.44 bits per heavy atom. The first-order chi connectivity index (χ1) is 12.9. The van der Waals surface area contributed by atoms with Crippen LogP contribution in [-0.2, 0) is 9.84 Å². The zero-order valence-electron chi connectivity index (χ0n) is 14.7. The van der Waals surface area contributed by atoms with Crippen LogP contribution in [0.4, 0.5) is 14.5 Å². The number of rotatable bonds is 6. The summed E-state index contributed by atoms with van der Waals surface area (Å²) in [5.41, 5.74) is 0.681. The summed E-state index contributed by atoms with van der Waals surface area (Å²) in [5.74, 6) is 0.368. The van der Waals surface area contributed by atoms with Crippen molar-refractivity contribution >= 4 is 15.5 Å². The van der Waals surface area contributed by atoms with Crippen LogP contribution in [0.2, 0.25) is 0 Å². The summed E-state index contributed by atoms with van der Waals surface area (Å²) in [7, 11) is -2.38. The van der Waals surface area contributed by atoms with Gasteiger partial charge in [-0.05, 0) is 36.4 Å². The monoisotopic (exact) mass is 398 g/mol. The lowest BCUT2D eigenvalue weighted by Crippen LogP contribution is -2.43. The van der Waals surface area contributed by atoms with Gasteiger partial charge in [-0.25, -0.2) is 8.42 Å². The smallest absolute Gasteiger partial charge is 0.387 e. The van der Waals surface area contributed by atoms with Crippen LogP contribution in [0.25, 0.3) is 0 Å². The predicted molar refractivity (Wildman–Crippen MR) is 96.6 cm³/mol. The third-order valence-corrected chi connectivity index (χ3v) is 6.01. The third kappa shape index (κ3) is 4.30. The predicted octanol–water partition coefficient (Wildman–Crippen LogP) is 2.54. The maximum Gasteiger partial charge on any atom is 0.387 e. The van der Waals surface area contributed by atoms with Crippen LogP contribution < -0.4 is 19.7 Å². The molecular formula is C18H20F2N2O4S. The zero-order chi connectivity index (χ0) is 19.4. The molecule has 0 atom stereocenters. The molecule has 1 aliphatic rings. The van der Waals surface area contributed by atoms with Gasteiger partial charge in [0.2, 0.25) is 9.84 Å². The fraction of sp³-hybridized carbons (Fsp3) is 0.333. The van der Waals surface area contributed by atoms with E-state index in [-0.39, 0.29) is 15.5 Å². The van der Waals surface area contributed by atoms with Crippen molar-refractivity contribution in [2.24, 2.45) is 0 Å². The van der Waals surface area contributed by atoms with Crippen LogP contribution in [0.3, 0.4) is 0 Å². The number of halogens is 2. The van der Waals surface area contributed by atoms with Crippen molar-refractivity contribution in [3.05, 3.63) is 42.5 Å². The number of ether oxygens (including phenoxy) is 2. The van der Waals surface area contributed by atoms with Gasteiger partial charge in [-0.15, -0.1) is 0 Å². The number of sulfone groups is 1. The summed E-state index contributed by atoms with van der Waals surface area (Å²) in [6.45, 7) is -0.0154. The Hall–Kier alpha value is -2.39. The molecule has 9 heteroatoms. The first kappa shape index (κ1) is 19.4. The molecule has 0 amide bonds. The summed E-state index contributed by atoms with van der Waals surface area (Å²) in [5, 5.41) is 3.24. The SMILES string of the molecule is COc1ccc(S(=O)(=O)c2cccc(OC(F)F)c2)cc1N1CCNCC1. The number of piperazine rings is 1. The van der Waals surface area contributed by atoms with Gasteiger partial charge in [-0.3, -0.25) is 0 Å². The molecule has 1 N–H and O–H groups in total. The van der Waals surface area contributed by atoms with Crippen molar-refractivity contribution < 1.29 is 26.7 Å². The fourth-order valence-corrected chi connectivity index (χ4v) is 4.26. The van der Waals surface area contributed by atoms with Crippen LogP contribution in [0.1, 0.15) is 0 Å². The highest BCUT2D eigenvalue weighted by Crippen LogP contribution is 2.34. The van der Waals surface area contributed by atoms with Crippen LogP contribution >= 0.6 is 0 Å². The molecule has 1 heterocycles. The second kappa shape index (κ2) is 8.10. The molecule has 0 spiro atoms. The Bertz CT molecular complexity index is 900. The Morgan fingerprint density at radius 1 is 1.07 bits per heavy atom. The Morgan fingerprint density at radius 2 is 1.78 bits per heavy atom. The van der Waals surface area contributed by atoms with E-state index in [2.05, 4.69) is 10.1 Å². The third-order valence-electron chi connectivity index (χ3n) is 4.26. The molecule has 2 aromatic rings. The van der Waals surface area contributed by atoms with Gasteiger partial charge in [0.05, 0.1) is 22.6 Å². The van der Waals surface area contributed by atoms with Crippen LogP contribution in [0.5, 0.6) is 11.5 Å². The molecule has 27 heavy (non-hydrogen) atoms. The van der Waals surface area contributed by atoms with Crippen LogP contribution in [0, 0.1) is 0 Å². The van der Waals surface area contributed by atoms with Crippen LogP contribution in [0.15, 0.2) is 52.3 Å². The Labute approximate surface area is 156 Å². The van der Waals surface area contributed by atoms with E-state index in [0.29, 0.717) is 11.4 Å². The highest BCUT2D eigenvalue weighted by atomic mass is 32.2. The van der Waals surface area contributed by atoms with Gasteiger partial charge < -0.3 is 19.7 Å². The average molecular weight is 398 g/mol. The Balaban J connectivity index is 1.99. The van der Waals surface area contributed by atoms with Crippen LogP contribution in [-0.4, -0.2) is 48.3 Å². The lowest BCUT2D eigenvalue weighted by atomic mass is 10.2. The lowest BCUT2D eigenvalue weighted by Gasteiger charge is -2.30. The first-order valence-corrected chi connectivity index (χ1v) is 9.84.